The van der Waals surface area contributed by atoms with E-state index in [0.29, 0.717) is 5.82 Å². The second-order valence-corrected chi connectivity index (χ2v) is 6.72. The molecule has 0 saturated heterocycles. The van der Waals surface area contributed by atoms with Gasteiger partial charge in [-0.1, -0.05) is 49.1 Å². The zero-order valence-corrected chi connectivity index (χ0v) is 15.9. The maximum atomic E-state index is 5.95. The fraction of sp³-hybridized carbons (Fsp3) is 0.174. The first-order valence-corrected chi connectivity index (χ1v) is 9.01. The van der Waals surface area contributed by atoms with Gasteiger partial charge in [0.1, 0.15) is 5.82 Å². The Balaban J connectivity index is 1.61. The molecule has 138 valence electrons. The number of anilines is 2. The second kappa shape index (κ2) is 8.52. The summed E-state index contributed by atoms with van der Waals surface area (Å²) in [6.07, 6.45) is 3.49. The Morgan fingerprint density at radius 1 is 0.963 bits per heavy atom. The standard InChI is InChI=1S/C23H26N4/c1-4-21-22(13-14-26-23(21)24)19-9-5-17(6-10-19)15-25-16-18-7-11-20(12-8-18)27(2)3/h4-14,25H,1,15-16H2,2-3H3,(H2,24,26). The molecular formula is C23H26N4. The summed E-state index contributed by atoms with van der Waals surface area (Å²) < 4.78 is 0. The monoisotopic (exact) mass is 358 g/mol. The number of nitrogen functional groups attached to an aromatic ring is 1. The van der Waals surface area contributed by atoms with Crippen molar-refractivity contribution in [3.63, 3.8) is 0 Å². The van der Waals surface area contributed by atoms with E-state index in [0.717, 1.165) is 29.8 Å². The van der Waals surface area contributed by atoms with E-state index in [2.05, 4.69) is 84.4 Å². The van der Waals surface area contributed by atoms with Gasteiger partial charge in [-0.3, -0.25) is 0 Å². The third kappa shape index (κ3) is 4.54. The van der Waals surface area contributed by atoms with E-state index in [1.165, 1.54) is 16.8 Å². The maximum absolute atomic E-state index is 5.95. The maximum Gasteiger partial charge on any atom is 0.131 e. The highest BCUT2D eigenvalue weighted by Crippen LogP contribution is 2.27. The highest BCUT2D eigenvalue weighted by atomic mass is 15.1. The zero-order chi connectivity index (χ0) is 19.2. The Bertz CT molecular complexity index is 897. The van der Waals surface area contributed by atoms with Gasteiger partial charge in [0.25, 0.3) is 0 Å². The number of nitrogens with one attached hydrogen (secondary N) is 1. The molecule has 1 aromatic heterocycles. The van der Waals surface area contributed by atoms with E-state index in [1.807, 2.05) is 6.07 Å². The van der Waals surface area contributed by atoms with Crippen molar-refractivity contribution >= 4 is 17.6 Å². The van der Waals surface area contributed by atoms with E-state index in [4.69, 9.17) is 5.73 Å². The van der Waals surface area contributed by atoms with Gasteiger partial charge in [-0.25, -0.2) is 4.98 Å². The van der Waals surface area contributed by atoms with Crippen LogP contribution in [0.1, 0.15) is 16.7 Å². The number of benzene rings is 2. The minimum Gasteiger partial charge on any atom is -0.383 e. The minimum absolute atomic E-state index is 0.508. The van der Waals surface area contributed by atoms with Crippen LogP contribution in [0.2, 0.25) is 0 Å². The van der Waals surface area contributed by atoms with Crippen LogP contribution in [0, 0.1) is 0 Å². The molecule has 0 aliphatic heterocycles. The first-order valence-electron chi connectivity index (χ1n) is 9.01. The molecule has 0 bridgehead atoms. The lowest BCUT2D eigenvalue weighted by Gasteiger charge is -2.13. The number of rotatable bonds is 7. The minimum atomic E-state index is 0.508. The van der Waals surface area contributed by atoms with Crippen LogP contribution < -0.4 is 16.0 Å². The number of nitrogens with zero attached hydrogens (tertiary/aromatic N) is 2. The average Bonchev–Trinajstić information content (AvgIpc) is 2.69. The predicted molar refractivity (Wildman–Crippen MR) is 115 cm³/mol. The van der Waals surface area contributed by atoms with Gasteiger partial charge in [-0.15, -0.1) is 0 Å². The Morgan fingerprint density at radius 2 is 1.56 bits per heavy atom. The Labute approximate surface area is 161 Å². The molecule has 0 radical (unpaired) electrons. The van der Waals surface area contributed by atoms with E-state index >= 15 is 0 Å². The van der Waals surface area contributed by atoms with Crippen LogP contribution in [0.4, 0.5) is 11.5 Å². The molecule has 0 fully saturated rings. The van der Waals surface area contributed by atoms with Gasteiger partial charge < -0.3 is 16.0 Å². The molecule has 3 rings (SSSR count). The van der Waals surface area contributed by atoms with Gasteiger partial charge >= 0.3 is 0 Å². The van der Waals surface area contributed by atoms with Crippen molar-refractivity contribution in [3.05, 3.63) is 84.1 Å². The molecule has 0 spiro atoms. The molecule has 4 nitrogen and oxygen atoms in total. The van der Waals surface area contributed by atoms with Crippen LogP contribution in [0.15, 0.2) is 67.4 Å². The molecule has 3 aromatic rings. The summed E-state index contributed by atoms with van der Waals surface area (Å²) in [6.45, 7) is 5.51. The van der Waals surface area contributed by atoms with Crippen LogP contribution in [-0.2, 0) is 13.1 Å². The summed E-state index contributed by atoms with van der Waals surface area (Å²) in [5.74, 6) is 0.508. The third-order valence-electron chi connectivity index (χ3n) is 4.60. The van der Waals surface area contributed by atoms with Crippen molar-refractivity contribution in [3.8, 4) is 11.1 Å². The summed E-state index contributed by atoms with van der Waals surface area (Å²) in [4.78, 5) is 6.24. The first kappa shape index (κ1) is 18.7. The molecule has 3 N–H and O–H groups in total. The van der Waals surface area contributed by atoms with E-state index in [-0.39, 0.29) is 0 Å². The highest BCUT2D eigenvalue weighted by Gasteiger charge is 2.06. The molecule has 0 saturated carbocycles. The Hall–Kier alpha value is -3.11. The fourth-order valence-electron chi connectivity index (χ4n) is 3.02. The van der Waals surface area contributed by atoms with Gasteiger partial charge in [0.05, 0.1) is 0 Å². The average molecular weight is 358 g/mol. The van der Waals surface area contributed by atoms with Crippen molar-refractivity contribution < 1.29 is 0 Å². The fourth-order valence-corrected chi connectivity index (χ4v) is 3.02. The molecular weight excluding hydrogens is 332 g/mol. The number of nitrogens with two attached hydrogens (primary N) is 1. The van der Waals surface area contributed by atoms with Gasteiger partial charge in [0.2, 0.25) is 0 Å². The molecule has 0 atom stereocenters. The molecule has 27 heavy (non-hydrogen) atoms. The zero-order valence-electron chi connectivity index (χ0n) is 15.9. The lowest BCUT2D eigenvalue weighted by molar-refractivity contribution is 0.693. The summed E-state index contributed by atoms with van der Waals surface area (Å²) >= 11 is 0. The van der Waals surface area contributed by atoms with Crippen molar-refractivity contribution in [2.24, 2.45) is 0 Å². The van der Waals surface area contributed by atoms with Gasteiger partial charge in [0.15, 0.2) is 0 Å². The third-order valence-corrected chi connectivity index (χ3v) is 4.60. The van der Waals surface area contributed by atoms with Crippen molar-refractivity contribution in [1.82, 2.24) is 10.3 Å². The summed E-state index contributed by atoms with van der Waals surface area (Å²) in [7, 11) is 4.10. The predicted octanol–water partition coefficient (Wildman–Crippen LogP) is 4.33. The van der Waals surface area contributed by atoms with Gasteiger partial charge in [-0.2, -0.15) is 0 Å². The van der Waals surface area contributed by atoms with Gasteiger partial charge in [-0.05, 0) is 40.5 Å². The Kier molecular flexibility index (Phi) is 5.89. The number of hydrogen-bond acceptors (Lipinski definition) is 4. The summed E-state index contributed by atoms with van der Waals surface area (Å²) in [5, 5.41) is 3.50. The quantitative estimate of drug-likeness (QED) is 0.660. The number of aromatic nitrogens is 1. The number of pyridine rings is 1. The van der Waals surface area contributed by atoms with E-state index in [9.17, 15) is 0 Å². The van der Waals surface area contributed by atoms with Crippen LogP contribution in [-0.4, -0.2) is 19.1 Å². The van der Waals surface area contributed by atoms with E-state index < -0.39 is 0 Å². The highest BCUT2D eigenvalue weighted by molar-refractivity contribution is 5.79. The summed E-state index contributed by atoms with van der Waals surface area (Å²) in [5.41, 5.74) is 12.7. The number of hydrogen-bond donors (Lipinski definition) is 2. The molecule has 0 aliphatic carbocycles. The van der Waals surface area contributed by atoms with Crippen LogP contribution in [0.25, 0.3) is 17.2 Å². The lowest BCUT2D eigenvalue weighted by atomic mass is 10.00. The largest absolute Gasteiger partial charge is 0.383 e. The normalized spacial score (nSPS) is 10.6. The van der Waals surface area contributed by atoms with Crippen LogP contribution in [0.5, 0.6) is 0 Å². The molecule has 0 unspecified atom stereocenters. The van der Waals surface area contributed by atoms with Gasteiger partial charge in [0, 0.05) is 44.6 Å². The van der Waals surface area contributed by atoms with Crippen LogP contribution >= 0.6 is 0 Å². The first-order chi connectivity index (χ1) is 13.1. The summed E-state index contributed by atoms with van der Waals surface area (Å²) in [6, 6.07) is 19.1. The van der Waals surface area contributed by atoms with Crippen molar-refractivity contribution in [2.75, 3.05) is 24.7 Å². The topological polar surface area (TPSA) is 54.2 Å². The second-order valence-electron chi connectivity index (χ2n) is 6.72. The molecule has 2 aromatic carbocycles. The molecule has 4 heteroatoms. The molecule has 0 amide bonds. The van der Waals surface area contributed by atoms with Crippen molar-refractivity contribution in [2.45, 2.75) is 13.1 Å². The SMILES string of the molecule is C=Cc1c(-c2ccc(CNCc3ccc(N(C)C)cc3)cc2)ccnc1N. The van der Waals surface area contributed by atoms with E-state index in [1.54, 1.807) is 12.3 Å². The smallest absolute Gasteiger partial charge is 0.131 e. The molecule has 1 heterocycles. The Morgan fingerprint density at radius 3 is 2.11 bits per heavy atom. The molecule has 0 aliphatic rings. The van der Waals surface area contributed by atoms with Crippen molar-refractivity contribution in [1.29, 1.82) is 0 Å². The van der Waals surface area contributed by atoms with Crippen LogP contribution in [0.3, 0.4) is 0 Å². The lowest BCUT2D eigenvalue weighted by Crippen LogP contribution is -2.13.